The molecule has 0 saturated heterocycles. The van der Waals surface area contributed by atoms with Crippen LogP contribution >= 0.6 is 0 Å². The van der Waals surface area contributed by atoms with Crippen LogP contribution in [0.15, 0.2) is 42.6 Å². The molecule has 0 aliphatic carbocycles. The Hall–Kier alpha value is -2.75. The quantitative estimate of drug-likeness (QED) is 0.725. The summed E-state index contributed by atoms with van der Waals surface area (Å²) in [6.07, 6.45) is 2.15. The highest BCUT2D eigenvalue weighted by atomic mass is 19.1. The molecule has 0 atom stereocenters. The van der Waals surface area contributed by atoms with Crippen LogP contribution in [-0.2, 0) is 0 Å². The number of phenolic OH excluding ortho intramolecular Hbond substituents is 1. The number of aldehydes is 1. The summed E-state index contributed by atoms with van der Waals surface area (Å²) in [5.74, 6) is -0.290. The van der Waals surface area contributed by atoms with E-state index in [9.17, 15) is 14.3 Å². The van der Waals surface area contributed by atoms with Gasteiger partial charge in [0.05, 0.1) is 5.52 Å². The number of fused-ring (bicyclic) bond motifs is 1. The summed E-state index contributed by atoms with van der Waals surface area (Å²) in [5, 5.41) is 10.1. The van der Waals surface area contributed by atoms with E-state index in [1.807, 2.05) is 0 Å². The fourth-order valence-electron chi connectivity index (χ4n) is 2.40. The molecule has 0 bridgehead atoms. The van der Waals surface area contributed by atoms with Gasteiger partial charge in [0, 0.05) is 34.3 Å². The SMILES string of the molecule is Cc1cccc(-c2cnc3cc(O)ccc3c2C=O)c1F. The van der Waals surface area contributed by atoms with Crippen molar-refractivity contribution in [3.8, 4) is 16.9 Å². The first kappa shape index (κ1) is 13.2. The lowest BCUT2D eigenvalue weighted by molar-refractivity contribution is 0.112. The number of rotatable bonds is 2. The number of aromatic hydroxyl groups is 1. The monoisotopic (exact) mass is 281 g/mol. The predicted molar refractivity (Wildman–Crippen MR) is 78.9 cm³/mol. The average molecular weight is 281 g/mol. The van der Waals surface area contributed by atoms with E-state index in [1.54, 1.807) is 31.2 Å². The van der Waals surface area contributed by atoms with Gasteiger partial charge >= 0.3 is 0 Å². The van der Waals surface area contributed by atoms with Crippen molar-refractivity contribution in [2.45, 2.75) is 6.92 Å². The molecule has 1 heterocycles. The molecule has 21 heavy (non-hydrogen) atoms. The maximum Gasteiger partial charge on any atom is 0.151 e. The van der Waals surface area contributed by atoms with Gasteiger partial charge in [-0.3, -0.25) is 9.78 Å². The normalized spacial score (nSPS) is 10.8. The Bertz CT molecular complexity index is 859. The van der Waals surface area contributed by atoms with E-state index in [0.717, 1.165) is 0 Å². The van der Waals surface area contributed by atoms with Gasteiger partial charge in [-0.25, -0.2) is 4.39 Å². The van der Waals surface area contributed by atoms with Gasteiger partial charge in [0.25, 0.3) is 0 Å². The van der Waals surface area contributed by atoms with Crippen molar-refractivity contribution >= 4 is 17.2 Å². The summed E-state index contributed by atoms with van der Waals surface area (Å²) in [5.41, 5.74) is 2.16. The highest BCUT2D eigenvalue weighted by Gasteiger charge is 2.14. The molecule has 104 valence electrons. The molecular formula is C17H12FNO2. The second-order valence-corrected chi connectivity index (χ2v) is 4.84. The molecule has 0 aliphatic rings. The number of aryl methyl sites for hydroxylation is 1. The standard InChI is InChI=1S/C17H12FNO2/c1-10-3-2-4-13(17(10)18)14-8-19-16-7-11(21)5-6-12(16)15(14)9-20/h2-9,21H,1H3. The number of pyridine rings is 1. The van der Waals surface area contributed by atoms with Crippen molar-refractivity contribution in [1.82, 2.24) is 4.98 Å². The molecule has 3 rings (SSSR count). The number of phenols is 1. The van der Waals surface area contributed by atoms with Gasteiger partial charge in [0.2, 0.25) is 0 Å². The van der Waals surface area contributed by atoms with E-state index in [1.165, 1.54) is 18.3 Å². The minimum Gasteiger partial charge on any atom is -0.508 e. The fourth-order valence-corrected chi connectivity index (χ4v) is 2.40. The molecule has 0 saturated carbocycles. The Labute approximate surface area is 120 Å². The van der Waals surface area contributed by atoms with E-state index < -0.39 is 0 Å². The van der Waals surface area contributed by atoms with Crippen molar-refractivity contribution < 1.29 is 14.3 Å². The smallest absolute Gasteiger partial charge is 0.151 e. The topological polar surface area (TPSA) is 50.2 Å². The highest BCUT2D eigenvalue weighted by Crippen LogP contribution is 2.31. The van der Waals surface area contributed by atoms with Crippen LogP contribution < -0.4 is 0 Å². The second kappa shape index (κ2) is 4.98. The third-order valence-electron chi connectivity index (χ3n) is 3.49. The fraction of sp³-hybridized carbons (Fsp3) is 0.0588. The van der Waals surface area contributed by atoms with E-state index >= 15 is 0 Å². The van der Waals surface area contributed by atoms with E-state index in [4.69, 9.17) is 0 Å². The number of halogens is 1. The highest BCUT2D eigenvalue weighted by molar-refractivity contribution is 6.03. The maximum atomic E-state index is 14.3. The van der Waals surface area contributed by atoms with Gasteiger partial charge in [0.15, 0.2) is 6.29 Å². The summed E-state index contributed by atoms with van der Waals surface area (Å²) in [4.78, 5) is 15.7. The van der Waals surface area contributed by atoms with Crippen LogP contribution in [0.4, 0.5) is 4.39 Å². The number of nitrogens with zero attached hydrogens (tertiary/aromatic N) is 1. The van der Waals surface area contributed by atoms with Gasteiger partial charge in [-0.1, -0.05) is 18.2 Å². The van der Waals surface area contributed by atoms with Crippen LogP contribution in [0.2, 0.25) is 0 Å². The van der Waals surface area contributed by atoms with Crippen LogP contribution in [0.3, 0.4) is 0 Å². The predicted octanol–water partition coefficient (Wildman–Crippen LogP) is 3.87. The third kappa shape index (κ3) is 2.14. The molecule has 4 heteroatoms. The number of carbonyl (C=O) groups excluding carboxylic acids is 1. The van der Waals surface area contributed by atoms with Gasteiger partial charge < -0.3 is 5.11 Å². The summed E-state index contributed by atoms with van der Waals surface area (Å²) < 4.78 is 14.3. The van der Waals surface area contributed by atoms with E-state index in [-0.39, 0.29) is 11.6 Å². The molecule has 0 unspecified atom stereocenters. The molecule has 3 nitrogen and oxygen atoms in total. The van der Waals surface area contributed by atoms with Crippen molar-refractivity contribution in [3.05, 3.63) is 59.5 Å². The largest absolute Gasteiger partial charge is 0.508 e. The lowest BCUT2D eigenvalue weighted by Crippen LogP contribution is -1.96. The Balaban J connectivity index is 2.35. The first-order chi connectivity index (χ1) is 10.1. The number of carbonyl (C=O) groups is 1. The molecule has 0 spiro atoms. The number of hydrogen-bond acceptors (Lipinski definition) is 3. The molecule has 1 aromatic heterocycles. The zero-order valence-corrected chi connectivity index (χ0v) is 11.3. The van der Waals surface area contributed by atoms with Gasteiger partial charge in [-0.15, -0.1) is 0 Å². The van der Waals surface area contributed by atoms with Crippen molar-refractivity contribution in [1.29, 1.82) is 0 Å². The minimum absolute atomic E-state index is 0.0707. The Kier molecular flexibility index (Phi) is 3.14. The zero-order chi connectivity index (χ0) is 15.0. The zero-order valence-electron chi connectivity index (χ0n) is 11.3. The molecule has 0 amide bonds. The van der Waals surface area contributed by atoms with Crippen molar-refractivity contribution in [3.63, 3.8) is 0 Å². The lowest BCUT2D eigenvalue weighted by atomic mass is 9.97. The maximum absolute atomic E-state index is 14.3. The number of hydrogen-bond donors (Lipinski definition) is 1. The van der Waals surface area contributed by atoms with Gasteiger partial charge in [-0.2, -0.15) is 0 Å². The van der Waals surface area contributed by atoms with Crippen LogP contribution in [0.1, 0.15) is 15.9 Å². The number of benzene rings is 2. The van der Waals surface area contributed by atoms with Gasteiger partial charge in [-0.05, 0) is 24.6 Å². The summed E-state index contributed by atoms with van der Waals surface area (Å²) in [6, 6.07) is 9.60. The van der Waals surface area contributed by atoms with Crippen molar-refractivity contribution in [2.75, 3.05) is 0 Å². The van der Waals surface area contributed by atoms with Crippen LogP contribution in [-0.4, -0.2) is 16.4 Å². The molecule has 0 radical (unpaired) electrons. The van der Waals surface area contributed by atoms with Crippen LogP contribution in [0, 0.1) is 12.7 Å². The molecule has 3 aromatic rings. The first-order valence-electron chi connectivity index (χ1n) is 6.44. The molecule has 2 aromatic carbocycles. The van der Waals surface area contributed by atoms with Crippen molar-refractivity contribution in [2.24, 2.45) is 0 Å². The lowest BCUT2D eigenvalue weighted by Gasteiger charge is -2.10. The summed E-state index contributed by atoms with van der Waals surface area (Å²) in [7, 11) is 0. The summed E-state index contributed by atoms with van der Waals surface area (Å²) >= 11 is 0. The summed E-state index contributed by atoms with van der Waals surface area (Å²) in [6.45, 7) is 1.67. The van der Waals surface area contributed by atoms with Gasteiger partial charge in [0.1, 0.15) is 11.6 Å². The molecule has 0 aliphatic heterocycles. The number of aromatic nitrogens is 1. The van der Waals surface area contributed by atoms with E-state index in [0.29, 0.717) is 39.4 Å². The molecule has 0 fully saturated rings. The first-order valence-corrected chi connectivity index (χ1v) is 6.44. The average Bonchev–Trinajstić information content (AvgIpc) is 2.49. The van der Waals surface area contributed by atoms with E-state index in [2.05, 4.69) is 4.98 Å². The Morgan fingerprint density at radius 3 is 2.76 bits per heavy atom. The second-order valence-electron chi connectivity index (χ2n) is 4.84. The third-order valence-corrected chi connectivity index (χ3v) is 3.49. The minimum atomic E-state index is -0.361. The van der Waals surface area contributed by atoms with Crippen LogP contribution in [0.5, 0.6) is 5.75 Å². The molecular weight excluding hydrogens is 269 g/mol. The molecule has 1 N–H and O–H groups in total. The van der Waals surface area contributed by atoms with Crippen LogP contribution in [0.25, 0.3) is 22.0 Å². The Morgan fingerprint density at radius 1 is 1.19 bits per heavy atom. The Morgan fingerprint density at radius 2 is 2.00 bits per heavy atom.